The largest absolute Gasteiger partial charge is 0.504 e. The van der Waals surface area contributed by atoms with Crippen LogP contribution in [0, 0.1) is 6.92 Å². The summed E-state index contributed by atoms with van der Waals surface area (Å²) in [6, 6.07) is 8.66. The first-order valence-electron chi connectivity index (χ1n) is 7.85. The molecule has 2 rings (SSSR count). The van der Waals surface area contributed by atoms with Crippen molar-refractivity contribution in [3.8, 4) is 28.7 Å². The highest BCUT2D eigenvalue weighted by Crippen LogP contribution is 2.38. The van der Waals surface area contributed by atoms with Crippen molar-refractivity contribution in [2.45, 2.75) is 20.8 Å². The maximum absolute atomic E-state index is 9.17. The minimum absolute atomic E-state index is 0.197. The molecule has 0 saturated heterocycles. The zero-order valence-electron chi connectivity index (χ0n) is 16.0. The highest BCUT2D eigenvalue weighted by molar-refractivity contribution is 5.60. The normalized spacial score (nSPS) is 8.92. The van der Waals surface area contributed by atoms with Gasteiger partial charge in [-0.05, 0) is 24.6 Å². The lowest BCUT2D eigenvalue weighted by Gasteiger charge is -2.12. The zero-order chi connectivity index (χ0) is 19.4. The van der Waals surface area contributed by atoms with Crippen molar-refractivity contribution in [3.63, 3.8) is 0 Å². The van der Waals surface area contributed by atoms with Crippen LogP contribution < -0.4 is 24.7 Å². The molecule has 3 N–H and O–H groups in total. The van der Waals surface area contributed by atoms with Crippen molar-refractivity contribution in [1.82, 2.24) is 0 Å². The molecular formula is C19H29NO5. The lowest BCUT2D eigenvalue weighted by atomic mass is 10.2. The number of aromatic hydroxyl groups is 1. The summed E-state index contributed by atoms with van der Waals surface area (Å²) in [5, 5.41) is 9.17. The quantitative estimate of drug-likeness (QED) is 0.809. The number of nitrogen functional groups attached to an aromatic ring is 1. The molecule has 0 aliphatic rings. The van der Waals surface area contributed by atoms with Crippen molar-refractivity contribution in [1.29, 1.82) is 0 Å². The van der Waals surface area contributed by atoms with E-state index in [9.17, 15) is 0 Å². The van der Waals surface area contributed by atoms with Gasteiger partial charge in [-0.15, -0.1) is 0 Å². The standard InChI is InChI=1S/C9H13NO3.C8H10O2.C2H6/c1-11-7-4-6(10)5-8(12-2)9(7)13-3;1-6-3-4-8(10-2)7(9)5-6;1-2/h4-5H,10H2,1-3H3;3-5,9H,1-2H3;1-2H3. The fraction of sp³-hybridized carbons (Fsp3) is 0.368. The maximum atomic E-state index is 9.17. The summed E-state index contributed by atoms with van der Waals surface area (Å²) >= 11 is 0. The first kappa shape index (κ1) is 22.2. The van der Waals surface area contributed by atoms with Crippen LogP contribution in [0.5, 0.6) is 28.7 Å². The Kier molecular flexibility index (Phi) is 10.4. The highest BCUT2D eigenvalue weighted by Gasteiger charge is 2.11. The number of methoxy groups -OCH3 is 4. The second kappa shape index (κ2) is 11.7. The van der Waals surface area contributed by atoms with Gasteiger partial charge in [0, 0.05) is 17.8 Å². The molecule has 0 spiro atoms. The number of ether oxygens (including phenoxy) is 4. The average molecular weight is 351 g/mol. The van der Waals surface area contributed by atoms with E-state index >= 15 is 0 Å². The summed E-state index contributed by atoms with van der Waals surface area (Å²) in [6.07, 6.45) is 0. The van der Waals surface area contributed by atoms with Gasteiger partial charge >= 0.3 is 0 Å². The maximum Gasteiger partial charge on any atom is 0.203 e. The third-order valence-electron chi connectivity index (χ3n) is 3.02. The molecule has 0 aromatic heterocycles. The van der Waals surface area contributed by atoms with E-state index in [0.717, 1.165) is 5.56 Å². The Morgan fingerprint density at radius 2 is 1.24 bits per heavy atom. The molecule has 0 saturated carbocycles. The van der Waals surface area contributed by atoms with Crippen LogP contribution >= 0.6 is 0 Å². The van der Waals surface area contributed by atoms with E-state index in [4.69, 9.17) is 29.8 Å². The Hall–Kier alpha value is -2.76. The summed E-state index contributed by atoms with van der Waals surface area (Å²) in [5.74, 6) is 2.41. The Morgan fingerprint density at radius 1 is 0.760 bits per heavy atom. The molecule has 6 nitrogen and oxygen atoms in total. The van der Waals surface area contributed by atoms with Gasteiger partial charge in [-0.2, -0.15) is 0 Å². The smallest absolute Gasteiger partial charge is 0.203 e. The molecule has 25 heavy (non-hydrogen) atoms. The molecule has 0 aliphatic carbocycles. The first-order valence-corrected chi connectivity index (χ1v) is 7.85. The number of benzene rings is 2. The van der Waals surface area contributed by atoms with E-state index in [1.807, 2.05) is 26.8 Å². The molecule has 0 aliphatic heterocycles. The fourth-order valence-corrected chi connectivity index (χ4v) is 1.90. The van der Waals surface area contributed by atoms with Gasteiger partial charge in [0.25, 0.3) is 0 Å². The zero-order valence-corrected chi connectivity index (χ0v) is 16.0. The molecule has 0 amide bonds. The van der Waals surface area contributed by atoms with Crippen molar-refractivity contribution in [2.75, 3.05) is 34.2 Å². The van der Waals surface area contributed by atoms with Gasteiger partial charge in [0.05, 0.1) is 28.4 Å². The Morgan fingerprint density at radius 3 is 1.60 bits per heavy atom. The summed E-state index contributed by atoms with van der Waals surface area (Å²) in [5.41, 5.74) is 7.22. The molecule has 2 aromatic rings. The van der Waals surface area contributed by atoms with Gasteiger partial charge in [-0.3, -0.25) is 0 Å². The van der Waals surface area contributed by atoms with Crippen LogP contribution in [0.25, 0.3) is 0 Å². The molecule has 2 aromatic carbocycles. The second-order valence-corrected chi connectivity index (χ2v) is 4.63. The van der Waals surface area contributed by atoms with Gasteiger partial charge < -0.3 is 29.8 Å². The molecule has 0 heterocycles. The number of anilines is 1. The predicted octanol–water partition coefficient (Wildman–Crippen LogP) is 4.03. The molecule has 0 fully saturated rings. The lowest BCUT2D eigenvalue weighted by molar-refractivity contribution is 0.325. The Bertz CT molecular complexity index is 619. The van der Waals surface area contributed by atoms with E-state index in [1.54, 1.807) is 45.6 Å². The van der Waals surface area contributed by atoms with Gasteiger partial charge in [-0.25, -0.2) is 0 Å². The van der Waals surface area contributed by atoms with E-state index in [-0.39, 0.29) is 5.75 Å². The van der Waals surface area contributed by atoms with Gasteiger partial charge in [0.1, 0.15) is 0 Å². The number of phenolic OH excluding ortho intramolecular Hbond substituents is 1. The molecular weight excluding hydrogens is 322 g/mol. The Balaban J connectivity index is 0.000000430. The molecule has 0 atom stereocenters. The third kappa shape index (κ3) is 6.71. The molecule has 6 heteroatoms. The van der Waals surface area contributed by atoms with Gasteiger partial charge in [0.2, 0.25) is 5.75 Å². The van der Waals surface area contributed by atoms with Crippen molar-refractivity contribution in [2.24, 2.45) is 0 Å². The highest BCUT2D eigenvalue weighted by atomic mass is 16.5. The number of hydrogen-bond acceptors (Lipinski definition) is 6. The van der Waals surface area contributed by atoms with E-state index in [1.165, 1.54) is 7.11 Å². The van der Waals surface area contributed by atoms with E-state index < -0.39 is 0 Å². The molecule has 0 bridgehead atoms. The van der Waals surface area contributed by atoms with Crippen LogP contribution in [-0.2, 0) is 0 Å². The molecule has 140 valence electrons. The first-order chi connectivity index (χ1) is 12.0. The summed E-state index contributed by atoms with van der Waals surface area (Å²) in [6.45, 7) is 5.92. The van der Waals surface area contributed by atoms with Crippen LogP contribution in [0.4, 0.5) is 5.69 Å². The number of phenols is 1. The van der Waals surface area contributed by atoms with Crippen LogP contribution in [0.3, 0.4) is 0 Å². The fourth-order valence-electron chi connectivity index (χ4n) is 1.90. The second-order valence-electron chi connectivity index (χ2n) is 4.63. The van der Waals surface area contributed by atoms with Crippen LogP contribution in [-0.4, -0.2) is 33.5 Å². The molecule has 0 radical (unpaired) electrons. The van der Waals surface area contributed by atoms with Gasteiger partial charge in [-0.1, -0.05) is 19.9 Å². The summed E-state index contributed by atoms with van der Waals surface area (Å²) in [4.78, 5) is 0. The van der Waals surface area contributed by atoms with Crippen molar-refractivity contribution >= 4 is 5.69 Å². The monoisotopic (exact) mass is 351 g/mol. The van der Waals surface area contributed by atoms with E-state index in [2.05, 4.69) is 0 Å². The van der Waals surface area contributed by atoms with E-state index in [0.29, 0.717) is 28.7 Å². The minimum atomic E-state index is 0.197. The summed E-state index contributed by atoms with van der Waals surface area (Å²) < 4.78 is 20.1. The molecule has 0 unspecified atom stereocenters. The number of hydrogen-bond donors (Lipinski definition) is 2. The lowest BCUT2D eigenvalue weighted by Crippen LogP contribution is -1.96. The average Bonchev–Trinajstić information content (AvgIpc) is 2.63. The minimum Gasteiger partial charge on any atom is -0.504 e. The van der Waals surface area contributed by atoms with Crippen LogP contribution in [0.1, 0.15) is 19.4 Å². The number of aryl methyl sites for hydroxylation is 1. The SMILES string of the molecule is CC.COc1cc(N)cc(OC)c1OC.COc1ccc(C)cc1O. The number of rotatable bonds is 4. The summed E-state index contributed by atoms with van der Waals surface area (Å²) in [7, 11) is 6.19. The predicted molar refractivity (Wildman–Crippen MR) is 101 cm³/mol. The van der Waals surface area contributed by atoms with Crippen LogP contribution in [0.2, 0.25) is 0 Å². The Labute approximate surface area is 150 Å². The van der Waals surface area contributed by atoms with Crippen molar-refractivity contribution < 1.29 is 24.1 Å². The number of nitrogens with two attached hydrogens (primary N) is 1. The van der Waals surface area contributed by atoms with Gasteiger partial charge in [0.15, 0.2) is 23.0 Å². The third-order valence-corrected chi connectivity index (χ3v) is 3.02. The topological polar surface area (TPSA) is 83.2 Å². The van der Waals surface area contributed by atoms with Crippen molar-refractivity contribution in [3.05, 3.63) is 35.9 Å². The van der Waals surface area contributed by atoms with Crippen LogP contribution in [0.15, 0.2) is 30.3 Å².